The fraction of sp³-hybridized carbons (Fsp3) is 0.429. The molecule has 4 heteroatoms. The number of benzene rings is 1. The monoisotopic (exact) mass is 262 g/mol. The van der Waals surface area contributed by atoms with Crippen molar-refractivity contribution in [2.75, 3.05) is 13.6 Å². The number of carbonyl (C=O) groups excluding carboxylic acids is 1. The predicted octanol–water partition coefficient (Wildman–Crippen LogP) is 2.64. The summed E-state index contributed by atoms with van der Waals surface area (Å²) < 4.78 is 0. The summed E-state index contributed by atoms with van der Waals surface area (Å²) in [5.74, 6) is -0.0426. The first kappa shape index (κ1) is 12.9. The van der Waals surface area contributed by atoms with Gasteiger partial charge in [0.15, 0.2) is 0 Å². The molecule has 0 bridgehead atoms. The maximum absolute atomic E-state index is 12.0. The van der Waals surface area contributed by atoms with Gasteiger partial charge in [-0.1, -0.05) is 23.7 Å². The normalized spacial score (nSPS) is 15.8. The maximum atomic E-state index is 12.0. The van der Waals surface area contributed by atoms with E-state index in [0.717, 1.165) is 12.0 Å². The van der Waals surface area contributed by atoms with E-state index >= 15 is 0 Å². The quantitative estimate of drug-likeness (QED) is 0.837. The van der Waals surface area contributed by atoms with Crippen molar-refractivity contribution in [3.8, 4) is 6.07 Å². The van der Waals surface area contributed by atoms with Crippen LogP contribution in [0.25, 0.3) is 0 Å². The minimum Gasteiger partial charge on any atom is -0.344 e. The molecule has 0 aromatic heterocycles. The molecular weight excluding hydrogens is 248 g/mol. The molecule has 1 aliphatic rings. The molecule has 0 aliphatic heterocycles. The van der Waals surface area contributed by atoms with Crippen LogP contribution in [-0.4, -0.2) is 24.4 Å². The van der Waals surface area contributed by atoms with Crippen LogP contribution in [-0.2, 0) is 11.2 Å². The van der Waals surface area contributed by atoms with Crippen LogP contribution in [0.5, 0.6) is 0 Å². The van der Waals surface area contributed by atoms with Gasteiger partial charge in [0.2, 0.25) is 5.91 Å². The van der Waals surface area contributed by atoms with E-state index in [9.17, 15) is 4.79 Å². The van der Waals surface area contributed by atoms with Gasteiger partial charge in [-0.05, 0) is 37.0 Å². The highest BCUT2D eigenvalue weighted by atomic mass is 35.5. The summed E-state index contributed by atoms with van der Waals surface area (Å²) in [5, 5.41) is 9.69. The molecule has 1 aromatic carbocycles. The summed E-state index contributed by atoms with van der Waals surface area (Å²) in [6, 6.07) is 9.73. The van der Waals surface area contributed by atoms with Crippen molar-refractivity contribution in [1.29, 1.82) is 5.26 Å². The summed E-state index contributed by atoms with van der Waals surface area (Å²) in [6.45, 7) is 0.629. The van der Waals surface area contributed by atoms with Crippen molar-refractivity contribution in [2.24, 2.45) is 5.41 Å². The topological polar surface area (TPSA) is 44.1 Å². The maximum Gasteiger partial charge on any atom is 0.242 e. The Morgan fingerprint density at radius 3 is 2.56 bits per heavy atom. The average molecular weight is 263 g/mol. The number of carbonyl (C=O) groups is 1. The van der Waals surface area contributed by atoms with E-state index < -0.39 is 5.41 Å². The average Bonchev–Trinajstić information content (AvgIpc) is 3.18. The second-order valence-electron chi connectivity index (χ2n) is 4.80. The van der Waals surface area contributed by atoms with Crippen LogP contribution in [0.3, 0.4) is 0 Å². The van der Waals surface area contributed by atoms with Gasteiger partial charge in [0.25, 0.3) is 0 Å². The lowest BCUT2D eigenvalue weighted by atomic mass is 10.1. The summed E-state index contributed by atoms with van der Waals surface area (Å²) in [6.07, 6.45) is 2.18. The summed E-state index contributed by atoms with van der Waals surface area (Å²) >= 11 is 5.81. The largest absolute Gasteiger partial charge is 0.344 e. The lowest BCUT2D eigenvalue weighted by Crippen LogP contribution is -2.34. The molecule has 0 atom stereocenters. The van der Waals surface area contributed by atoms with E-state index in [1.165, 1.54) is 0 Å². The number of hydrogen-bond donors (Lipinski definition) is 0. The Morgan fingerprint density at radius 2 is 2.06 bits per heavy atom. The molecule has 1 saturated carbocycles. The molecule has 1 amide bonds. The Kier molecular flexibility index (Phi) is 3.58. The predicted molar refractivity (Wildman–Crippen MR) is 70.1 cm³/mol. The molecule has 0 spiro atoms. The highest BCUT2D eigenvalue weighted by Gasteiger charge is 2.51. The number of halogens is 1. The van der Waals surface area contributed by atoms with Crippen molar-refractivity contribution < 1.29 is 4.79 Å². The van der Waals surface area contributed by atoms with E-state index in [0.29, 0.717) is 24.4 Å². The van der Waals surface area contributed by atoms with Crippen LogP contribution in [0.1, 0.15) is 18.4 Å². The molecule has 1 aliphatic carbocycles. The molecule has 0 heterocycles. The Hall–Kier alpha value is -1.53. The van der Waals surface area contributed by atoms with Crippen molar-refractivity contribution >= 4 is 17.5 Å². The van der Waals surface area contributed by atoms with Gasteiger partial charge in [0, 0.05) is 18.6 Å². The molecule has 94 valence electrons. The number of rotatable bonds is 4. The van der Waals surface area contributed by atoms with Crippen LogP contribution >= 0.6 is 11.6 Å². The molecule has 0 unspecified atom stereocenters. The fourth-order valence-electron chi connectivity index (χ4n) is 1.91. The highest BCUT2D eigenvalue weighted by Crippen LogP contribution is 2.46. The Labute approximate surface area is 112 Å². The number of nitrogens with zero attached hydrogens (tertiary/aromatic N) is 2. The second-order valence-corrected chi connectivity index (χ2v) is 5.23. The SMILES string of the molecule is CN(CCc1ccc(Cl)cc1)C(=O)C1(C#N)CC1. The summed E-state index contributed by atoms with van der Waals surface area (Å²) in [4.78, 5) is 13.7. The van der Waals surface area contributed by atoms with Crippen molar-refractivity contribution in [3.63, 3.8) is 0 Å². The third kappa shape index (κ3) is 2.65. The van der Waals surface area contributed by atoms with Crippen LogP contribution in [0.15, 0.2) is 24.3 Å². The Morgan fingerprint density at radius 1 is 1.44 bits per heavy atom. The first-order valence-electron chi connectivity index (χ1n) is 5.99. The number of amides is 1. The number of likely N-dealkylation sites (N-methyl/N-ethyl adjacent to an activating group) is 1. The van der Waals surface area contributed by atoms with E-state index in [4.69, 9.17) is 16.9 Å². The molecular formula is C14H15ClN2O. The lowest BCUT2D eigenvalue weighted by Gasteiger charge is -2.19. The smallest absolute Gasteiger partial charge is 0.242 e. The van der Waals surface area contributed by atoms with E-state index in [1.54, 1.807) is 11.9 Å². The van der Waals surface area contributed by atoms with Crippen LogP contribution in [0, 0.1) is 16.7 Å². The van der Waals surface area contributed by atoms with Gasteiger partial charge in [0.05, 0.1) is 6.07 Å². The zero-order valence-corrected chi connectivity index (χ0v) is 11.1. The van der Waals surface area contributed by atoms with Crippen LogP contribution in [0.2, 0.25) is 5.02 Å². The molecule has 2 rings (SSSR count). The first-order chi connectivity index (χ1) is 8.57. The van der Waals surface area contributed by atoms with Gasteiger partial charge in [-0.15, -0.1) is 0 Å². The van der Waals surface area contributed by atoms with Gasteiger partial charge >= 0.3 is 0 Å². The second kappa shape index (κ2) is 4.99. The molecule has 3 nitrogen and oxygen atoms in total. The van der Waals surface area contributed by atoms with Crippen molar-refractivity contribution in [2.45, 2.75) is 19.3 Å². The van der Waals surface area contributed by atoms with Gasteiger partial charge in [-0.3, -0.25) is 4.79 Å². The van der Waals surface area contributed by atoms with Gasteiger partial charge in [-0.2, -0.15) is 5.26 Å². The molecule has 0 saturated heterocycles. The van der Waals surface area contributed by atoms with Crippen LogP contribution < -0.4 is 0 Å². The lowest BCUT2D eigenvalue weighted by molar-refractivity contribution is -0.133. The minimum atomic E-state index is -0.714. The van der Waals surface area contributed by atoms with Gasteiger partial charge < -0.3 is 4.90 Å². The molecule has 18 heavy (non-hydrogen) atoms. The first-order valence-corrected chi connectivity index (χ1v) is 6.36. The van der Waals surface area contributed by atoms with Crippen molar-refractivity contribution in [3.05, 3.63) is 34.9 Å². The molecule has 0 radical (unpaired) electrons. The number of nitriles is 1. The molecule has 1 fully saturated rings. The van der Waals surface area contributed by atoms with E-state index in [1.807, 2.05) is 24.3 Å². The molecule has 1 aromatic rings. The van der Waals surface area contributed by atoms with E-state index in [-0.39, 0.29) is 5.91 Å². The summed E-state index contributed by atoms with van der Waals surface area (Å²) in [7, 11) is 1.76. The van der Waals surface area contributed by atoms with Gasteiger partial charge in [0.1, 0.15) is 5.41 Å². The zero-order chi connectivity index (χ0) is 13.2. The standard InChI is InChI=1S/C14H15ClN2O/c1-17(13(18)14(10-16)7-8-14)9-6-11-2-4-12(15)5-3-11/h2-5H,6-9H2,1H3. The zero-order valence-electron chi connectivity index (χ0n) is 10.3. The van der Waals surface area contributed by atoms with Gasteiger partial charge in [-0.25, -0.2) is 0 Å². The summed E-state index contributed by atoms with van der Waals surface area (Å²) in [5.41, 5.74) is 0.426. The third-order valence-corrected chi connectivity index (χ3v) is 3.62. The highest BCUT2D eigenvalue weighted by molar-refractivity contribution is 6.30. The van der Waals surface area contributed by atoms with Crippen LogP contribution in [0.4, 0.5) is 0 Å². The third-order valence-electron chi connectivity index (χ3n) is 3.37. The minimum absolute atomic E-state index is 0.0426. The Balaban J connectivity index is 1.89. The number of hydrogen-bond acceptors (Lipinski definition) is 2. The van der Waals surface area contributed by atoms with E-state index in [2.05, 4.69) is 6.07 Å². The Bertz CT molecular complexity index is 486. The van der Waals surface area contributed by atoms with Crippen molar-refractivity contribution in [1.82, 2.24) is 4.90 Å². The fourth-order valence-corrected chi connectivity index (χ4v) is 2.04. The molecule has 0 N–H and O–H groups in total.